The topological polar surface area (TPSA) is 58.9 Å². The predicted octanol–water partition coefficient (Wildman–Crippen LogP) is 4.35. The molecular weight excluding hydrogens is 406 g/mol. The summed E-state index contributed by atoms with van der Waals surface area (Å²) in [5.41, 5.74) is 4.29. The van der Waals surface area contributed by atoms with Crippen LogP contribution in [0.15, 0.2) is 72.9 Å². The standard InChI is InChI=1S/C24H23N5OS/c1-17-7-5-10-19(15-17)23-25-26-24(31)29(23)16-21(30)28-14-13-27-12-6-11-20(27)22(28)18-8-3-2-4-9-18/h2-12,15,22H,13-14,16H2,1H3,(H,26,31). The van der Waals surface area contributed by atoms with E-state index >= 15 is 0 Å². The highest BCUT2D eigenvalue weighted by atomic mass is 32.1. The molecule has 0 bridgehead atoms. The van der Waals surface area contributed by atoms with Crippen molar-refractivity contribution in [3.8, 4) is 11.4 Å². The van der Waals surface area contributed by atoms with Gasteiger partial charge in [-0.25, -0.2) is 0 Å². The summed E-state index contributed by atoms with van der Waals surface area (Å²) in [6.07, 6.45) is 2.08. The van der Waals surface area contributed by atoms with E-state index in [4.69, 9.17) is 12.2 Å². The first kappa shape index (κ1) is 19.5. The average Bonchev–Trinajstić information content (AvgIpc) is 3.40. The zero-order valence-corrected chi connectivity index (χ0v) is 18.0. The van der Waals surface area contributed by atoms with E-state index < -0.39 is 0 Å². The fraction of sp³-hybridized carbons (Fsp3) is 0.208. The van der Waals surface area contributed by atoms with Crippen LogP contribution in [-0.2, 0) is 17.9 Å². The third kappa shape index (κ3) is 3.61. The number of aromatic amines is 1. The Bertz CT molecular complexity index is 1290. The molecule has 0 saturated carbocycles. The summed E-state index contributed by atoms with van der Waals surface area (Å²) in [5, 5.41) is 7.26. The molecule has 1 N–H and O–H groups in total. The lowest BCUT2D eigenvalue weighted by Crippen LogP contribution is -2.43. The third-order valence-corrected chi connectivity index (χ3v) is 6.11. The molecule has 0 aliphatic carbocycles. The Morgan fingerprint density at radius 3 is 2.74 bits per heavy atom. The van der Waals surface area contributed by atoms with Gasteiger partial charge >= 0.3 is 0 Å². The van der Waals surface area contributed by atoms with E-state index in [0.29, 0.717) is 17.1 Å². The first-order valence-electron chi connectivity index (χ1n) is 10.3. The molecular formula is C24H23N5OS. The minimum Gasteiger partial charge on any atom is -0.348 e. The first-order valence-corrected chi connectivity index (χ1v) is 10.7. The molecule has 7 heteroatoms. The maximum absolute atomic E-state index is 13.6. The maximum atomic E-state index is 13.6. The van der Waals surface area contributed by atoms with Crippen molar-refractivity contribution in [2.24, 2.45) is 0 Å². The second-order valence-corrected chi connectivity index (χ2v) is 8.22. The van der Waals surface area contributed by atoms with Crippen LogP contribution in [-0.4, -0.2) is 36.7 Å². The number of hydrogen-bond acceptors (Lipinski definition) is 3. The number of aromatic nitrogens is 4. The van der Waals surface area contributed by atoms with Crippen molar-refractivity contribution in [2.75, 3.05) is 6.54 Å². The molecule has 3 heterocycles. The molecule has 2 aromatic carbocycles. The Kier molecular flexibility index (Phi) is 5.03. The van der Waals surface area contributed by atoms with Crippen molar-refractivity contribution in [3.05, 3.63) is 94.5 Å². The number of amides is 1. The van der Waals surface area contributed by atoms with E-state index in [-0.39, 0.29) is 18.5 Å². The van der Waals surface area contributed by atoms with Gasteiger partial charge in [0.2, 0.25) is 5.91 Å². The summed E-state index contributed by atoms with van der Waals surface area (Å²) in [4.78, 5) is 15.5. The minimum absolute atomic E-state index is 0.0210. The van der Waals surface area contributed by atoms with Crippen LogP contribution >= 0.6 is 12.2 Å². The number of aryl methyl sites for hydroxylation is 1. The normalized spacial score (nSPS) is 15.6. The molecule has 5 rings (SSSR count). The molecule has 2 aromatic heterocycles. The number of rotatable bonds is 4. The Morgan fingerprint density at radius 2 is 1.94 bits per heavy atom. The van der Waals surface area contributed by atoms with E-state index in [0.717, 1.165) is 28.9 Å². The van der Waals surface area contributed by atoms with E-state index in [9.17, 15) is 4.79 Å². The number of H-pyrrole nitrogens is 1. The van der Waals surface area contributed by atoms with Crippen molar-refractivity contribution in [1.82, 2.24) is 24.2 Å². The lowest BCUT2D eigenvalue weighted by atomic mass is 10.00. The molecule has 1 unspecified atom stereocenters. The van der Waals surface area contributed by atoms with Gasteiger partial charge in [-0.1, -0.05) is 54.1 Å². The van der Waals surface area contributed by atoms with E-state index in [2.05, 4.69) is 39.2 Å². The molecule has 0 saturated heterocycles. The van der Waals surface area contributed by atoms with Crippen LogP contribution in [0.2, 0.25) is 0 Å². The Labute approximate surface area is 185 Å². The predicted molar refractivity (Wildman–Crippen MR) is 122 cm³/mol. The molecule has 1 aliphatic heterocycles. The summed E-state index contributed by atoms with van der Waals surface area (Å²) in [6, 6.07) is 22.3. The Hall–Kier alpha value is -3.45. The van der Waals surface area contributed by atoms with E-state index in [1.54, 1.807) is 4.57 Å². The van der Waals surface area contributed by atoms with Gasteiger partial charge in [0, 0.05) is 30.5 Å². The number of nitrogens with one attached hydrogen (secondary N) is 1. The molecule has 0 radical (unpaired) electrons. The SMILES string of the molecule is Cc1cccc(-c2n[nH]c(=S)n2CC(=O)N2CCn3cccc3C2c2ccccc2)c1. The largest absolute Gasteiger partial charge is 0.348 e. The molecule has 1 atom stereocenters. The third-order valence-electron chi connectivity index (χ3n) is 5.80. The van der Waals surface area contributed by atoms with Crippen LogP contribution in [0.4, 0.5) is 0 Å². The van der Waals surface area contributed by atoms with Gasteiger partial charge in [0.15, 0.2) is 10.6 Å². The van der Waals surface area contributed by atoms with Gasteiger partial charge in [-0.2, -0.15) is 5.10 Å². The number of benzene rings is 2. The molecule has 0 fully saturated rings. The summed E-state index contributed by atoms with van der Waals surface area (Å²) in [7, 11) is 0. The Morgan fingerprint density at radius 1 is 1.10 bits per heavy atom. The molecule has 1 aliphatic rings. The highest BCUT2D eigenvalue weighted by Gasteiger charge is 2.32. The molecule has 6 nitrogen and oxygen atoms in total. The fourth-order valence-electron chi connectivity index (χ4n) is 4.33. The smallest absolute Gasteiger partial charge is 0.243 e. The van der Waals surface area contributed by atoms with Crippen LogP contribution in [0.25, 0.3) is 11.4 Å². The molecule has 31 heavy (non-hydrogen) atoms. The first-order chi connectivity index (χ1) is 15.1. The van der Waals surface area contributed by atoms with Crippen LogP contribution in [0.5, 0.6) is 0 Å². The van der Waals surface area contributed by atoms with Crippen molar-refractivity contribution < 1.29 is 4.79 Å². The molecule has 156 valence electrons. The summed E-state index contributed by atoms with van der Waals surface area (Å²) in [6.45, 7) is 3.60. The number of fused-ring (bicyclic) bond motifs is 1. The average molecular weight is 430 g/mol. The van der Waals surface area contributed by atoms with Crippen molar-refractivity contribution in [2.45, 2.75) is 26.1 Å². The van der Waals surface area contributed by atoms with Crippen molar-refractivity contribution in [3.63, 3.8) is 0 Å². The lowest BCUT2D eigenvalue weighted by Gasteiger charge is -2.37. The zero-order chi connectivity index (χ0) is 21.4. The van der Waals surface area contributed by atoms with Gasteiger partial charge in [0.05, 0.1) is 6.04 Å². The highest BCUT2D eigenvalue weighted by Crippen LogP contribution is 2.32. The van der Waals surface area contributed by atoms with Crippen LogP contribution < -0.4 is 0 Å². The second-order valence-electron chi connectivity index (χ2n) is 7.83. The number of nitrogens with zero attached hydrogens (tertiary/aromatic N) is 4. The lowest BCUT2D eigenvalue weighted by molar-refractivity contribution is -0.134. The van der Waals surface area contributed by atoms with Crippen molar-refractivity contribution >= 4 is 18.1 Å². The Balaban J connectivity index is 1.50. The van der Waals surface area contributed by atoms with Crippen LogP contribution in [0, 0.1) is 11.7 Å². The summed E-state index contributed by atoms with van der Waals surface area (Å²) < 4.78 is 4.46. The van der Waals surface area contributed by atoms with Gasteiger partial charge in [0.1, 0.15) is 6.54 Å². The second kappa shape index (κ2) is 8.00. The van der Waals surface area contributed by atoms with Gasteiger partial charge in [0.25, 0.3) is 0 Å². The van der Waals surface area contributed by atoms with E-state index in [1.165, 1.54) is 0 Å². The number of hydrogen-bond donors (Lipinski definition) is 1. The maximum Gasteiger partial charge on any atom is 0.243 e. The summed E-state index contributed by atoms with van der Waals surface area (Å²) in [5.74, 6) is 0.700. The molecule has 0 spiro atoms. The number of carbonyl (C=O) groups is 1. The van der Waals surface area contributed by atoms with Gasteiger partial charge in [-0.05, 0) is 42.9 Å². The fourth-order valence-corrected chi connectivity index (χ4v) is 4.53. The van der Waals surface area contributed by atoms with E-state index in [1.807, 2.05) is 60.4 Å². The monoisotopic (exact) mass is 429 g/mol. The van der Waals surface area contributed by atoms with Gasteiger partial charge < -0.3 is 9.47 Å². The zero-order valence-electron chi connectivity index (χ0n) is 17.2. The summed E-state index contributed by atoms with van der Waals surface area (Å²) >= 11 is 5.47. The highest BCUT2D eigenvalue weighted by molar-refractivity contribution is 7.71. The minimum atomic E-state index is -0.124. The quantitative estimate of drug-likeness (QED) is 0.491. The van der Waals surface area contributed by atoms with Gasteiger partial charge in [-0.15, -0.1) is 0 Å². The molecule has 1 amide bonds. The molecule has 4 aromatic rings. The van der Waals surface area contributed by atoms with Gasteiger partial charge in [-0.3, -0.25) is 14.5 Å². The van der Waals surface area contributed by atoms with Crippen LogP contribution in [0.1, 0.15) is 22.9 Å². The van der Waals surface area contributed by atoms with Crippen LogP contribution in [0.3, 0.4) is 0 Å². The number of carbonyl (C=O) groups excluding carboxylic acids is 1. The van der Waals surface area contributed by atoms with Crippen molar-refractivity contribution in [1.29, 1.82) is 0 Å².